The quantitative estimate of drug-likeness (QED) is 0.643. The van der Waals surface area contributed by atoms with Crippen LogP contribution in [0.2, 0.25) is 0 Å². The topological polar surface area (TPSA) is 116 Å². The van der Waals surface area contributed by atoms with E-state index in [4.69, 9.17) is 0 Å². The molecule has 1 saturated heterocycles. The van der Waals surface area contributed by atoms with Crippen molar-refractivity contribution in [3.05, 3.63) is 47.8 Å². The molecule has 1 aliphatic rings. The second kappa shape index (κ2) is 8.31. The summed E-state index contributed by atoms with van der Waals surface area (Å²) in [4.78, 5) is 24.0. The molecular weight excluding hydrogens is 413 g/mol. The summed E-state index contributed by atoms with van der Waals surface area (Å²) in [5.41, 5.74) is 0.229. The number of halogens is 1. The van der Waals surface area contributed by atoms with Crippen LogP contribution in [0.25, 0.3) is 11.1 Å². The fourth-order valence-electron chi connectivity index (χ4n) is 3.14. The van der Waals surface area contributed by atoms with Gasteiger partial charge in [0.1, 0.15) is 18.0 Å². The van der Waals surface area contributed by atoms with E-state index in [2.05, 4.69) is 5.32 Å². The van der Waals surface area contributed by atoms with Gasteiger partial charge < -0.3 is 10.4 Å². The highest BCUT2D eigenvalue weighted by molar-refractivity contribution is 7.92. The first-order chi connectivity index (χ1) is 14.1. The summed E-state index contributed by atoms with van der Waals surface area (Å²) in [6, 6.07) is 8.69. The van der Waals surface area contributed by atoms with Crippen molar-refractivity contribution >= 4 is 27.7 Å². The number of carbonyl (C=O) groups excluding carboxylic acids is 2. The number of aromatic hydroxyl groups is 1. The van der Waals surface area contributed by atoms with Crippen LogP contribution in [0.1, 0.15) is 30.6 Å². The van der Waals surface area contributed by atoms with Crippen molar-refractivity contribution in [1.82, 2.24) is 10.0 Å². The number of nitrogens with one attached hydrogen (secondary N) is 2. The Morgan fingerprint density at radius 3 is 2.60 bits per heavy atom. The largest absolute Gasteiger partial charge is 0.506 e. The van der Waals surface area contributed by atoms with Gasteiger partial charge in [0.25, 0.3) is 11.8 Å². The van der Waals surface area contributed by atoms with Gasteiger partial charge in [-0.05, 0) is 41.7 Å². The van der Waals surface area contributed by atoms with Crippen molar-refractivity contribution in [1.29, 1.82) is 0 Å². The van der Waals surface area contributed by atoms with Gasteiger partial charge in [0, 0.05) is 12.1 Å². The van der Waals surface area contributed by atoms with E-state index in [1.54, 1.807) is 29.0 Å². The molecule has 0 aliphatic carbocycles. The number of hydrogen-bond acceptors (Lipinski definition) is 5. The Balaban J connectivity index is 1.97. The standard InChI is InChI=1S/C20H22FN3O5S/c1-12(2)7-8-22-20(27)15-6-4-3-5-14(15)13-9-16(21)19(17(25)10-13)24-11-18(26)23-30(24,28)29/h3-6,9-10,12,25H,7-8,11H2,1-2H3,(H,22,27)(H,23,26). The van der Waals surface area contributed by atoms with E-state index in [1.165, 1.54) is 0 Å². The summed E-state index contributed by atoms with van der Waals surface area (Å²) in [5.74, 6) is -2.46. The average Bonchev–Trinajstić information content (AvgIpc) is 2.92. The maximum absolute atomic E-state index is 14.8. The molecule has 3 rings (SSSR count). The summed E-state index contributed by atoms with van der Waals surface area (Å²) in [7, 11) is -4.28. The van der Waals surface area contributed by atoms with Gasteiger partial charge in [-0.3, -0.25) is 9.59 Å². The first-order valence-electron chi connectivity index (χ1n) is 9.33. The molecule has 30 heavy (non-hydrogen) atoms. The Bertz CT molecular complexity index is 1080. The lowest BCUT2D eigenvalue weighted by molar-refractivity contribution is -0.117. The molecule has 0 bridgehead atoms. The van der Waals surface area contributed by atoms with Crippen LogP contribution in [0.15, 0.2) is 36.4 Å². The molecule has 2 aromatic carbocycles. The lowest BCUT2D eigenvalue weighted by atomic mass is 9.98. The van der Waals surface area contributed by atoms with Crippen LogP contribution in [-0.4, -0.2) is 38.4 Å². The van der Waals surface area contributed by atoms with Gasteiger partial charge in [-0.1, -0.05) is 32.0 Å². The predicted molar refractivity (Wildman–Crippen MR) is 110 cm³/mol. The van der Waals surface area contributed by atoms with E-state index in [-0.39, 0.29) is 11.5 Å². The predicted octanol–water partition coefficient (Wildman–Crippen LogP) is 2.16. The average molecular weight is 435 g/mol. The summed E-state index contributed by atoms with van der Waals surface area (Å²) in [6.07, 6.45) is 0.801. The van der Waals surface area contributed by atoms with Gasteiger partial charge in [-0.2, -0.15) is 8.42 Å². The molecule has 3 N–H and O–H groups in total. The Hall–Kier alpha value is -3.14. The number of phenols is 1. The number of anilines is 1. The highest BCUT2D eigenvalue weighted by Crippen LogP contribution is 2.38. The van der Waals surface area contributed by atoms with E-state index in [0.29, 0.717) is 27.9 Å². The number of nitrogens with zero attached hydrogens (tertiary/aromatic N) is 1. The van der Waals surface area contributed by atoms with Crippen molar-refractivity contribution in [2.75, 3.05) is 17.4 Å². The Morgan fingerprint density at radius 2 is 2.00 bits per heavy atom. The molecule has 2 aromatic rings. The lowest BCUT2D eigenvalue weighted by Gasteiger charge is -2.18. The van der Waals surface area contributed by atoms with Crippen LogP contribution >= 0.6 is 0 Å². The normalized spacial score (nSPS) is 15.3. The van der Waals surface area contributed by atoms with Crippen molar-refractivity contribution in [2.24, 2.45) is 5.92 Å². The highest BCUT2D eigenvalue weighted by atomic mass is 32.2. The number of benzene rings is 2. The molecule has 2 amide bonds. The van der Waals surface area contributed by atoms with Crippen molar-refractivity contribution in [3.8, 4) is 16.9 Å². The van der Waals surface area contributed by atoms with E-state index in [1.807, 2.05) is 13.8 Å². The number of phenolic OH excluding ortho intramolecular Hbond substituents is 1. The molecule has 0 saturated carbocycles. The lowest BCUT2D eigenvalue weighted by Crippen LogP contribution is -2.30. The molecule has 0 unspecified atom stereocenters. The van der Waals surface area contributed by atoms with Crippen molar-refractivity contribution < 1.29 is 27.5 Å². The fraction of sp³-hybridized carbons (Fsp3) is 0.300. The number of amides is 2. The van der Waals surface area contributed by atoms with Crippen LogP contribution in [0.4, 0.5) is 10.1 Å². The first-order valence-corrected chi connectivity index (χ1v) is 10.8. The Kier molecular flexibility index (Phi) is 5.97. The minimum atomic E-state index is -4.28. The first kappa shape index (κ1) is 21.6. The molecule has 1 aliphatic heterocycles. The van der Waals surface area contributed by atoms with Crippen LogP contribution < -0.4 is 14.3 Å². The monoisotopic (exact) mass is 435 g/mol. The van der Waals surface area contributed by atoms with Crippen LogP contribution in [0.5, 0.6) is 5.75 Å². The SMILES string of the molecule is CC(C)CCNC(=O)c1ccccc1-c1cc(O)c(N2CC(=O)NS2(=O)=O)c(F)c1. The second-order valence-electron chi connectivity index (χ2n) is 7.35. The van der Waals surface area contributed by atoms with Crippen LogP contribution in [0.3, 0.4) is 0 Å². The maximum atomic E-state index is 14.8. The third-order valence-electron chi connectivity index (χ3n) is 4.60. The highest BCUT2D eigenvalue weighted by Gasteiger charge is 2.37. The van der Waals surface area contributed by atoms with E-state index < -0.39 is 39.9 Å². The van der Waals surface area contributed by atoms with E-state index in [0.717, 1.165) is 18.6 Å². The van der Waals surface area contributed by atoms with Gasteiger partial charge in [-0.15, -0.1) is 0 Å². The molecule has 10 heteroatoms. The molecule has 0 spiro atoms. The van der Waals surface area contributed by atoms with Gasteiger partial charge in [0.15, 0.2) is 5.82 Å². The third-order valence-corrected chi connectivity index (χ3v) is 5.98. The molecule has 1 heterocycles. The molecule has 0 radical (unpaired) electrons. The summed E-state index contributed by atoms with van der Waals surface area (Å²) < 4.78 is 41.0. The Labute approximate surface area is 173 Å². The zero-order valence-electron chi connectivity index (χ0n) is 16.5. The third kappa shape index (κ3) is 4.38. The van der Waals surface area contributed by atoms with Gasteiger partial charge in [0.2, 0.25) is 0 Å². The van der Waals surface area contributed by atoms with Gasteiger partial charge in [-0.25, -0.2) is 13.4 Å². The van der Waals surface area contributed by atoms with Gasteiger partial charge in [0.05, 0.1) is 0 Å². The van der Waals surface area contributed by atoms with Crippen LogP contribution in [-0.2, 0) is 15.0 Å². The summed E-state index contributed by atoms with van der Waals surface area (Å²) in [5, 5.41) is 13.2. The minimum Gasteiger partial charge on any atom is -0.506 e. The number of hydrogen-bond donors (Lipinski definition) is 3. The molecule has 0 aromatic heterocycles. The maximum Gasteiger partial charge on any atom is 0.326 e. The molecule has 160 valence electrons. The zero-order chi connectivity index (χ0) is 22.1. The minimum absolute atomic E-state index is 0.194. The van der Waals surface area contributed by atoms with E-state index in [9.17, 15) is 27.5 Å². The second-order valence-corrected chi connectivity index (χ2v) is 8.94. The summed E-state index contributed by atoms with van der Waals surface area (Å²) >= 11 is 0. The molecule has 8 nitrogen and oxygen atoms in total. The number of carbonyl (C=O) groups is 2. The smallest absolute Gasteiger partial charge is 0.326 e. The van der Waals surface area contributed by atoms with Crippen molar-refractivity contribution in [2.45, 2.75) is 20.3 Å². The summed E-state index contributed by atoms with van der Waals surface area (Å²) in [6.45, 7) is 3.92. The fourth-order valence-corrected chi connectivity index (χ4v) is 4.31. The van der Waals surface area contributed by atoms with Crippen molar-refractivity contribution in [3.63, 3.8) is 0 Å². The van der Waals surface area contributed by atoms with Crippen LogP contribution in [0, 0.1) is 11.7 Å². The van der Waals surface area contributed by atoms with Gasteiger partial charge >= 0.3 is 10.2 Å². The zero-order valence-corrected chi connectivity index (χ0v) is 17.3. The molecule has 0 atom stereocenters. The molecule has 1 fully saturated rings. The van der Waals surface area contributed by atoms with E-state index >= 15 is 0 Å². The number of rotatable bonds is 6. The molecular formula is C20H22FN3O5S. The Morgan fingerprint density at radius 1 is 1.30 bits per heavy atom.